The smallest absolute Gasteiger partial charge is 0.291 e. The summed E-state index contributed by atoms with van der Waals surface area (Å²) in [5.74, 6) is 1.71. The zero-order chi connectivity index (χ0) is 20.7. The van der Waals surface area contributed by atoms with Crippen LogP contribution in [-0.2, 0) is 0 Å². The first kappa shape index (κ1) is 18.1. The number of hydrogen-bond donors (Lipinski definition) is 0. The van der Waals surface area contributed by atoms with Crippen molar-refractivity contribution in [1.82, 2.24) is 19.6 Å². The van der Waals surface area contributed by atoms with E-state index in [1.807, 2.05) is 18.2 Å². The van der Waals surface area contributed by atoms with Crippen molar-refractivity contribution in [2.45, 2.75) is 6.92 Å². The van der Waals surface area contributed by atoms with E-state index < -0.39 is 0 Å². The first-order chi connectivity index (χ1) is 14.6. The molecule has 4 aromatic heterocycles. The lowest BCUT2D eigenvalue weighted by Gasteiger charge is -1.98. The van der Waals surface area contributed by atoms with E-state index in [0.717, 1.165) is 11.1 Å². The van der Waals surface area contributed by atoms with Crippen molar-refractivity contribution in [2.24, 2.45) is 0 Å². The molecule has 0 saturated heterocycles. The van der Waals surface area contributed by atoms with Gasteiger partial charge in [0.05, 0.1) is 0 Å². The van der Waals surface area contributed by atoms with Crippen molar-refractivity contribution in [3.63, 3.8) is 0 Å². The Balaban J connectivity index is 1.48. The summed E-state index contributed by atoms with van der Waals surface area (Å²) in [6, 6.07) is 14.4. The highest BCUT2D eigenvalue weighted by Crippen LogP contribution is 2.23. The molecule has 0 saturated carbocycles. The topological polar surface area (TPSA) is 90.4 Å². The maximum Gasteiger partial charge on any atom is 0.291 e. The van der Waals surface area contributed by atoms with Crippen LogP contribution in [0.4, 0.5) is 0 Å². The lowest BCUT2D eigenvalue weighted by Crippen LogP contribution is -2.23. The molecule has 4 heterocycles. The third-order valence-electron chi connectivity index (χ3n) is 4.60. The first-order valence-electron chi connectivity index (χ1n) is 9.11. The Morgan fingerprint density at radius 2 is 1.80 bits per heavy atom. The highest BCUT2D eigenvalue weighted by molar-refractivity contribution is 7.15. The highest BCUT2D eigenvalue weighted by Gasteiger charge is 2.12. The van der Waals surface area contributed by atoms with Gasteiger partial charge in [0.15, 0.2) is 11.6 Å². The van der Waals surface area contributed by atoms with E-state index in [2.05, 4.69) is 15.1 Å². The van der Waals surface area contributed by atoms with Crippen molar-refractivity contribution in [3.8, 4) is 22.7 Å². The second-order valence-electron chi connectivity index (χ2n) is 6.62. The molecule has 0 spiro atoms. The highest BCUT2D eigenvalue weighted by atomic mass is 32.1. The Hall–Kier alpha value is -3.91. The normalized spacial score (nSPS) is 12.0. The average molecular weight is 414 g/mol. The molecule has 0 unspecified atom stereocenters. The van der Waals surface area contributed by atoms with E-state index in [9.17, 15) is 9.59 Å². The number of carbonyl (C=O) groups excluding carboxylic acids is 1. The van der Waals surface area contributed by atoms with Crippen LogP contribution in [0.5, 0.6) is 0 Å². The molecule has 7 nitrogen and oxygen atoms in total. The van der Waals surface area contributed by atoms with Crippen LogP contribution in [0.2, 0.25) is 0 Å². The van der Waals surface area contributed by atoms with Crippen molar-refractivity contribution >= 4 is 28.2 Å². The number of rotatable bonds is 4. The number of fused-ring (bicyclic) bond motifs is 1. The number of Topliss-reactive ketones (excluding diaryl/α,β-unsaturated/α-hetero) is 1. The summed E-state index contributed by atoms with van der Waals surface area (Å²) in [4.78, 5) is 33.1. The summed E-state index contributed by atoms with van der Waals surface area (Å²) in [6.45, 7) is 1.53. The molecule has 30 heavy (non-hydrogen) atoms. The summed E-state index contributed by atoms with van der Waals surface area (Å²) in [5, 5.41) is 4.32. The van der Waals surface area contributed by atoms with Crippen LogP contribution in [0.3, 0.4) is 0 Å². The number of carbonyl (C=O) groups is 1. The van der Waals surface area contributed by atoms with Crippen molar-refractivity contribution in [3.05, 3.63) is 87.1 Å². The minimum absolute atomic E-state index is 0.0152. The Morgan fingerprint density at radius 3 is 2.50 bits per heavy atom. The summed E-state index contributed by atoms with van der Waals surface area (Å²) in [6.07, 6.45) is 5.00. The van der Waals surface area contributed by atoms with Gasteiger partial charge in [-0.2, -0.15) is 9.50 Å². The Bertz CT molecular complexity index is 1480. The first-order valence-corrected chi connectivity index (χ1v) is 9.93. The number of nitrogens with zero attached hydrogens (tertiary/aromatic N) is 4. The van der Waals surface area contributed by atoms with Crippen molar-refractivity contribution < 1.29 is 9.21 Å². The van der Waals surface area contributed by atoms with E-state index in [0.29, 0.717) is 32.4 Å². The maximum absolute atomic E-state index is 12.7. The van der Waals surface area contributed by atoms with Gasteiger partial charge in [-0.1, -0.05) is 35.6 Å². The Kier molecular flexibility index (Phi) is 4.33. The van der Waals surface area contributed by atoms with Gasteiger partial charge in [-0.05, 0) is 31.2 Å². The minimum atomic E-state index is -0.244. The Labute approximate surface area is 174 Å². The van der Waals surface area contributed by atoms with E-state index >= 15 is 0 Å². The SMILES string of the molecule is CC(=O)c1ccc(-c2ccc(/C=c3\sc4nc(-c5ccncc5)nn4c3=O)o2)cc1. The molecule has 0 aliphatic heterocycles. The molecule has 0 N–H and O–H groups in total. The molecule has 1 aromatic carbocycles. The summed E-state index contributed by atoms with van der Waals surface area (Å²) >= 11 is 1.25. The minimum Gasteiger partial charge on any atom is -0.457 e. The van der Waals surface area contributed by atoms with Gasteiger partial charge in [0.2, 0.25) is 4.96 Å². The van der Waals surface area contributed by atoms with E-state index in [1.54, 1.807) is 48.8 Å². The molecule has 146 valence electrons. The molecule has 0 aliphatic rings. The van der Waals surface area contributed by atoms with Gasteiger partial charge in [-0.3, -0.25) is 14.6 Å². The lowest BCUT2D eigenvalue weighted by molar-refractivity contribution is 0.101. The van der Waals surface area contributed by atoms with Crippen LogP contribution in [0.25, 0.3) is 33.7 Å². The average Bonchev–Trinajstić information content (AvgIpc) is 3.47. The number of aromatic nitrogens is 4. The van der Waals surface area contributed by atoms with E-state index in [-0.39, 0.29) is 11.3 Å². The second kappa shape index (κ2) is 7.16. The zero-order valence-corrected chi connectivity index (χ0v) is 16.6. The monoisotopic (exact) mass is 414 g/mol. The van der Waals surface area contributed by atoms with Crippen LogP contribution < -0.4 is 10.1 Å². The summed E-state index contributed by atoms with van der Waals surface area (Å²) < 4.78 is 7.65. The fourth-order valence-corrected chi connectivity index (χ4v) is 3.93. The fourth-order valence-electron chi connectivity index (χ4n) is 3.04. The number of thiazole rings is 1. The molecule has 0 aliphatic carbocycles. The van der Waals surface area contributed by atoms with Gasteiger partial charge in [0, 0.05) is 35.2 Å². The molecule has 0 atom stereocenters. The Morgan fingerprint density at radius 1 is 1.03 bits per heavy atom. The van der Waals surface area contributed by atoms with Crippen LogP contribution >= 0.6 is 11.3 Å². The van der Waals surface area contributed by atoms with Gasteiger partial charge in [0.1, 0.15) is 16.1 Å². The molecular formula is C22H14N4O3S. The second-order valence-corrected chi connectivity index (χ2v) is 7.63. The molecule has 0 bridgehead atoms. The molecule has 0 fully saturated rings. The van der Waals surface area contributed by atoms with Crippen LogP contribution in [0, 0.1) is 0 Å². The largest absolute Gasteiger partial charge is 0.457 e. The molecule has 0 radical (unpaired) electrons. The van der Waals surface area contributed by atoms with Crippen molar-refractivity contribution in [2.75, 3.05) is 0 Å². The van der Waals surface area contributed by atoms with Gasteiger partial charge >= 0.3 is 0 Å². The van der Waals surface area contributed by atoms with Gasteiger partial charge in [0.25, 0.3) is 5.56 Å². The molecular weight excluding hydrogens is 400 g/mol. The third-order valence-corrected chi connectivity index (χ3v) is 5.56. The number of benzene rings is 1. The van der Waals surface area contributed by atoms with Crippen molar-refractivity contribution in [1.29, 1.82) is 0 Å². The standard InChI is InChI=1S/C22H14N4O3S/c1-13(27)14-2-4-15(5-3-14)18-7-6-17(29-18)12-19-21(28)26-22(30-19)24-20(25-26)16-8-10-23-11-9-16/h2-12H,1H3/b19-12-. The predicted molar refractivity (Wildman–Crippen MR) is 113 cm³/mol. The third kappa shape index (κ3) is 3.23. The van der Waals surface area contributed by atoms with Crippen LogP contribution in [0.1, 0.15) is 23.0 Å². The van der Waals surface area contributed by atoms with E-state index in [4.69, 9.17) is 4.42 Å². The predicted octanol–water partition coefficient (Wildman–Crippen LogP) is 3.22. The van der Waals surface area contributed by atoms with Gasteiger partial charge < -0.3 is 4.42 Å². The molecule has 0 amide bonds. The number of ketones is 1. The number of hydrogen-bond acceptors (Lipinski definition) is 7. The number of furan rings is 1. The van der Waals surface area contributed by atoms with E-state index in [1.165, 1.54) is 22.8 Å². The lowest BCUT2D eigenvalue weighted by atomic mass is 10.1. The van der Waals surface area contributed by atoms with Crippen LogP contribution in [0.15, 0.2) is 70.1 Å². The number of pyridine rings is 1. The molecule has 8 heteroatoms. The summed E-state index contributed by atoms with van der Waals surface area (Å²) in [5.41, 5.74) is 2.06. The molecule has 5 rings (SSSR count). The summed E-state index contributed by atoms with van der Waals surface area (Å²) in [7, 11) is 0. The maximum atomic E-state index is 12.7. The zero-order valence-electron chi connectivity index (χ0n) is 15.8. The molecule has 5 aromatic rings. The van der Waals surface area contributed by atoms with Crippen LogP contribution in [-0.4, -0.2) is 25.4 Å². The quantitative estimate of drug-likeness (QED) is 0.420. The van der Waals surface area contributed by atoms with Gasteiger partial charge in [-0.25, -0.2) is 0 Å². The van der Waals surface area contributed by atoms with Gasteiger partial charge in [-0.15, -0.1) is 5.10 Å². The fraction of sp³-hybridized carbons (Fsp3) is 0.0455.